The molecule has 4 rings (SSSR count). The number of halogens is 3. The van der Waals surface area contributed by atoms with Gasteiger partial charge in [-0.05, 0) is 43.0 Å². The standard InChI is InChI=1S/C23H20F3N3O3/c24-16-2-1-3-17(13-16)32-20-4-7-27-23(28-20)15-11-18(25)22(19(26)12-15)29-8-5-14(6-9-29)10-21(30)31/h1-4,7,11-14H,5-6,8-10H2,(H,30,31). The number of hydrogen-bond acceptors (Lipinski definition) is 5. The van der Waals surface area contributed by atoms with Crippen molar-refractivity contribution in [2.24, 2.45) is 5.92 Å². The Kier molecular flexibility index (Phi) is 6.25. The lowest BCUT2D eigenvalue weighted by molar-refractivity contribution is -0.138. The molecule has 3 aromatic rings. The Morgan fingerprint density at radius 1 is 1.09 bits per heavy atom. The maximum atomic E-state index is 14.9. The van der Waals surface area contributed by atoms with E-state index < -0.39 is 23.4 Å². The molecule has 0 radical (unpaired) electrons. The predicted octanol–water partition coefficient (Wildman–Crippen LogP) is 5.04. The molecule has 9 heteroatoms. The summed E-state index contributed by atoms with van der Waals surface area (Å²) in [6.45, 7) is 0.747. The van der Waals surface area contributed by atoms with Crippen LogP contribution in [-0.2, 0) is 4.79 Å². The van der Waals surface area contributed by atoms with Crippen LogP contribution in [0.1, 0.15) is 19.3 Å². The zero-order valence-corrected chi connectivity index (χ0v) is 17.0. The molecule has 0 unspecified atom stereocenters. The number of nitrogens with zero attached hydrogens (tertiary/aromatic N) is 3. The Bertz CT molecular complexity index is 1110. The number of carboxylic acids is 1. The molecule has 6 nitrogen and oxygen atoms in total. The number of ether oxygens (including phenoxy) is 1. The average Bonchev–Trinajstić information content (AvgIpc) is 2.74. The van der Waals surface area contributed by atoms with E-state index in [1.165, 1.54) is 30.5 Å². The van der Waals surface area contributed by atoms with Gasteiger partial charge in [0.25, 0.3) is 0 Å². The average molecular weight is 443 g/mol. The van der Waals surface area contributed by atoms with Crippen molar-refractivity contribution in [2.75, 3.05) is 18.0 Å². The van der Waals surface area contributed by atoms with E-state index in [0.29, 0.717) is 25.9 Å². The highest BCUT2D eigenvalue weighted by Gasteiger charge is 2.26. The second kappa shape index (κ2) is 9.25. The van der Waals surface area contributed by atoms with Crippen LogP contribution in [0.2, 0.25) is 0 Å². The van der Waals surface area contributed by atoms with Crippen LogP contribution in [0.5, 0.6) is 11.6 Å². The molecule has 1 fully saturated rings. The van der Waals surface area contributed by atoms with E-state index in [-0.39, 0.29) is 41.0 Å². The third-order valence-corrected chi connectivity index (χ3v) is 5.32. The van der Waals surface area contributed by atoms with Crippen LogP contribution in [0.3, 0.4) is 0 Å². The lowest BCUT2D eigenvalue weighted by Gasteiger charge is -2.33. The zero-order valence-electron chi connectivity index (χ0n) is 17.0. The highest BCUT2D eigenvalue weighted by Crippen LogP contribution is 2.32. The molecule has 1 saturated heterocycles. The van der Waals surface area contributed by atoms with Crippen LogP contribution in [0, 0.1) is 23.4 Å². The van der Waals surface area contributed by atoms with Crippen molar-refractivity contribution in [3.63, 3.8) is 0 Å². The molecule has 2 heterocycles. The molecule has 0 saturated carbocycles. The van der Waals surface area contributed by atoms with Gasteiger partial charge in [0.15, 0.2) is 5.82 Å². The summed E-state index contributed by atoms with van der Waals surface area (Å²) in [4.78, 5) is 20.7. The number of carboxylic acid groups (broad SMARTS) is 1. The molecule has 0 amide bonds. The summed E-state index contributed by atoms with van der Waals surface area (Å²) < 4.78 is 48.6. The molecule has 1 N–H and O–H groups in total. The maximum Gasteiger partial charge on any atom is 0.303 e. The predicted molar refractivity (Wildman–Crippen MR) is 111 cm³/mol. The van der Waals surface area contributed by atoms with Gasteiger partial charge in [-0.15, -0.1) is 0 Å². The molecule has 1 aliphatic rings. The smallest absolute Gasteiger partial charge is 0.303 e. The molecule has 0 aliphatic carbocycles. The third-order valence-electron chi connectivity index (χ3n) is 5.32. The van der Waals surface area contributed by atoms with Crippen molar-refractivity contribution >= 4 is 11.7 Å². The van der Waals surface area contributed by atoms with Gasteiger partial charge in [-0.2, -0.15) is 4.98 Å². The van der Waals surface area contributed by atoms with Gasteiger partial charge in [-0.1, -0.05) is 6.07 Å². The lowest BCUT2D eigenvalue weighted by atomic mass is 9.93. The highest BCUT2D eigenvalue weighted by atomic mass is 19.1. The molecule has 166 valence electrons. The quantitative estimate of drug-likeness (QED) is 0.575. The first-order valence-electron chi connectivity index (χ1n) is 10.1. The Balaban J connectivity index is 1.53. The van der Waals surface area contributed by atoms with E-state index in [9.17, 15) is 18.0 Å². The van der Waals surface area contributed by atoms with E-state index >= 15 is 0 Å². The fraction of sp³-hybridized carbons (Fsp3) is 0.261. The van der Waals surface area contributed by atoms with Crippen LogP contribution in [0.25, 0.3) is 11.4 Å². The summed E-state index contributed by atoms with van der Waals surface area (Å²) in [7, 11) is 0. The van der Waals surface area contributed by atoms with Gasteiger partial charge in [-0.25, -0.2) is 18.2 Å². The molecular formula is C23H20F3N3O3. The van der Waals surface area contributed by atoms with Gasteiger partial charge in [0.05, 0.1) is 0 Å². The van der Waals surface area contributed by atoms with E-state index in [2.05, 4.69) is 9.97 Å². The van der Waals surface area contributed by atoms with Gasteiger partial charge in [-0.3, -0.25) is 4.79 Å². The highest BCUT2D eigenvalue weighted by molar-refractivity contribution is 5.67. The SMILES string of the molecule is O=C(O)CC1CCN(c2c(F)cc(-c3nccc(Oc4cccc(F)c4)n3)cc2F)CC1. The molecular weight excluding hydrogens is 423 g/mol. The number of aromatic nitrogens is 2. The van der Waals surface area contributed by atoms with Crippen LogP contribution >= 0.6 is 0 Å². The third kappa shape index (κ3) is 4.99. The minimum Gasteiger partial charge on any atom is -0.481 e. The maximum absolute atomic E-state index is 14.9. The lowest BCUT2D eigenvalue weighted by Crippen LogP contribution is -2.35. The number of hydrogen-bond donors (Lipinski definition) is 1. The van der Waals surface area contributed by atoms with Crippen molar-refractivity contribution in [2.45, 2.75) is 19.3 Å². The van der Waals surface area contributed by atoms with Gasteiger partial charge in [0, 0.05) is 43.4 Å². The largest absolute Gasteiger partial charge is 0.481 e. The van der Waals surface area contributed by atoms with Gasteiger partial charge in [0.1, 0.15) is 28.9 Å². The van der Waals surface area contributed by atoms with Crippen LogP contribution in [-0.4, -0.2) is 34.1 Å². The first-order valence-corrected chi connectivity index (χ1v) is 10.1. The summed E-state index contributed by atoms with van der Waals surface area (Å²) in [6.07, 6.45) is 2.54. The van der Waals surface area contributed by atoms with Crippen LogP contribution in [0.4, 0.5) is 18.9 Å². The summed E-state index contributed by atoms with van der Waals surface area (Å²) in [5.41, 5.74) is -0.0103. The number of aliphatic carboxylic acids is 1. The second-order valence-electron chi connectivity index (χ2n) is 7.59. The molecule has 0 bridgehead atoms. The molecule has 1 aliphatic heterocycles. The topological polar surface area (TPSA) is 75.5 Å². The normalized spacial score (nSPS) is 14.4. The van der Waals surface area contributed by atoms with Crippen molar-refractivity contribution in [1.82, 2.24) is 9.97 Å². The number of benzene rings is 2. The van der Waals surface area contributed by atoms with Crippen LogP contribution in [0.15, 0.2) is 48.7 Å². The monoisotopic (exact) mass is 443 g/mol. The van der Waals surface area contributed by atoms with E-state index in [1.54, 1.807) is 11.0 Å². The summed E-state index contributed by atoms with van der Waals surface area (Å²) in [5, 5.41) is 8.92. The zero-order chi connectivity index (χ0) is 22.7. The van der Waals surface area contributed by atoms with Crippen molar-refractivity contribution in [3.8, 4) is 23.0 Å². The number of rotatable bonds is 6. The molecule has 0 atom stereocenters. The summed E-state index contributed by atoms with van der Waals surface area (Å²) in [6, 6.07) is 9.28. The molecule has 1 aromatic heterocycles. The molecule has 0 spiro atoms. The van der Waals surface area contributed by atoms with Crippen molar-refractivity contribution in [3.05, 3.63) is 66.1 Å². The number of carbonyl (C=O) groups is 1. The fourth-order valence-corrected chi connectivity index (χ4v) is 3.79. The minimum atomic E-state index is -0.867. The molecule has 2 aromatic carbocycles. The van der Waals surface area contributed by atoms with Crippen LogP contribution < -0.4 is 9.64 Å². The second-order valence-corrected chi connectivity index (χ2v) is 7.59. The Labute approximate surface area is 182 Å². The number of piperidine rings is 1. The molecule has 32 heavy (non-hydrogen) atoms. The Hall–Kier alpha value is -3.62. The minimum absolute atomic E-state index is 0.00313. The van der Waals surface area contributed by atoms with Gasteiger partial charge < -0.3 is 14.7 Å². The van der Waals surface area contributed by atoms with E-state index in [1.807, 2.05) is 0 Å². The van der Waals surface area contributed by atoms with Crippen molar-refractivity contribution < 1.29 is 27.8 Å². The van der Waals surface area contributed by atoms with Gasteiger partial charge >= 0.3 is 5.97 Å². The van der Waals surface area contributed by atoms with E-state index in [4.69, 9.17) is 9.84 Å². The fourth-order valence-electron chi connectivity index (χ4n) is 3.79. The van der Waals surface area contributed by atoms with Crippen molar-refractivity contribution in [1.29, 1.82) is 0 Å². The number of anilines is 1. The summed E-state index contributed by atoms with van der Waals surface area (Å²) >= 11 is 0. The van der Waals surface area contributed by atoms with E-state index in [0.717, 1.165) is 12.1 Å². The first-order chi connectivity index (χ1) is 15.4. The first kappa shape index (κ1) is 21.6. The summed E-state index contributed by atoms with van der Waals surface area (Å²) in [5.74, 6) is -2.45. The Morgan fingerprint density at radius 3 is 2.47 bits per heavy atom. The van der Waals surface area contributed by atoms with Gasteiger partial charge in [0.2, 0.25) is 5.88 Å². The Morgan fingerprint density at radius 2 is 1.81 bits per heavy atom.